The third kappa shape index (κ3) is 2.66. The van der Waals surface area contributed by atoms with Crippen molar-refractivity contribution in [2.45, 2.75) is 19.9 Å². The third-order valence-corrected chi connectivity index (χ3v) is 3.27. The summed E-state index contributed by atoms with van der Waals surface area (Å²) in [4.78, 5) is 0. The Labute approximate surface area is 112 Å². The molecule has 2 rings (SSSR count). The monoisotopic (exact) mass is 261 g/mol. The normalized spacial score (nSPS) is 12.5. The fourth-order valence-corrected chi connectivity index (χ4v) is 2.46. The zero-order valence-electron chi connectivity index (χ0n) is 11.3. The van der Waals surface area contributed by atoms with Crippen molar-refractivity contribution in [2.75, 3.05) is 7.05 Å². The van der Waals surface area contributed by atoms with Crippen molar-refractivity contribution in [3.05, 3.63) is 70.3 Å². The largest absolute Gasteiger partial charge is 0.309 e. The maximum absolute atomic E-state index is 14.2. The molecule has 0 spiro atoms. The zero-order chi connectivity index (χ0) is 14.0. The van der Waals surface area contributed by atoms with Gasteiger partial charge in [0.2, 0.25) is 0 Å². The van der Waals surface area contributed by atoms with Crippen molar-refractivity contribution in [3.63, 3.8) is 0 Å². The number of hydrogen-bond donors (Lipinski definition) is 1. The molecule has 0 aromatic heterocycles. The Kier molecular flexibility index (Phi) is 3.96. The van der Waals surface area contributed by atoms with Crippen LogP contribution in [0.1, 0.15) is 28.3 Å². The fraction of sp³-hybridized carbons (Fsp3) is 0.250. The lowest BCUT2D eigenvalue weighted by molar-refractivity contribution is 0.544. The van der Waals surface area contributed by atoms with Gasteiger partial charge in [0, 0.05) is 11.1 Å². The lowest BCUT2D eigenvalue weighted by Crippen LogP contribution is -2.21. The van der Waals surface area contributed by atoms with Crippen LogP contribution in [0.25, 0.3) is 0 Å². The SMILES string of the molecule is CNC(c1ccccc1F)c1c(C)cc(C)cc1F. The second kappa shape index (κ2) is 5.49. The van der Waals surface area contributed by atoms with Gasteiger partial charge in [-0.15, -0.1) is 0 Å². The topological polar surface area (TPSA) is 12.0 Å². The van der Waals surface area contributed by atoms with Gasteiger partial charge in [-0.2, -0.15) is 0 Å². The van der Waals surface area contributed by atoms with E-state index in [0.717, 1.165) is 11.1 Å². The lowest BCUT2D eigenvalue weighted by Gasteiger charge is -2.21. The molecule has 0 aliphatic rings. The quantitative estimate of drug-likeness (QED) is 0.883. The summed E-state index contributed by atoms with van der Waals surface area (Å²) in [6.07, 6.45) is 0. The van der Waals surface area contributed by atoms with Crippen molar-refractivity contribution < 1.29 is 8.78 Å². The van der Waals surface area contributed by atoms with Crippen molar-refractivity contribution in [1.82, 2.24) is 5.32 Å². The first-order chi connectivity index (χ1) is 9.04. The molecule has 0 aliphatic heterocycles. The highest BCUT2D eigenvalue weighted by Crippen LogP contribution is 2.29. The predicted molar refractivity (Wildman–Crippen MR) is 73.2 cm³/mol. The van der Waals surface area contributed by atoms with Gasteiger partial charge in [-0.05, 0) is 44.2 Å². The number of benzene rings is 2. The maximum atomic E-state index is 14.2. The molecular formula is C16H17F2N. The van der Waals surface area contributed by atoms with Gasteiger partial charge in [0.05, 0.1) is 6.04 Å². The van der Waals surface area contributed by atoms with E-state index >= 15 is 0 Å². The Morgan fingerprint density at radius 3 is 2.26 bits per heavy atom. The molecule has 0 saturated heterocycles. The Hall–Kier alpha value is -1.74. The van der Waals surface area contributed by atoms with E-state index in [0.29, 0.717) is 11.1 Å². The second-order valence-electron chi connectivity index (χ2n) is 4.72. The number of nitrogens with one attached hydrogen (secondary N) is 1. The molecule has 1 atom stereocenters. The van der Waals surface area contributed by atoms with Gasteiger partial charge in [0.25, 0.3) is 0 Å². The van der Waals surface area contributed by atoms with E-state index in [9.17, 15) is 8.78 Å². The minimum Gasteiger partial charge on any atom is -0.309 e. The van der Waals surface area contributed by atoms with Crippen LogP contribution < -0.4 is 5.32 Å². The minimum atomic E-state index is -0.484. The van der Waals surface area contributed by atoms with Crippen LogP contribution in [0.2, 0.25) is 0 Å². The van der Waals surface area contributed by atoms with Gasteiger partial charge < -0.3 is 5.32 Å². The van der Waals surface area contributed by atoms with Gasteiger partial charge in [0.1, 0.15) is 11.6 Å². The molecule has 1 nitrogen and oxygen atoms in total. The van der Waals surface area contributed by atoms with Crippen LogP contribution in [0.15, 0.2) is 36.4 Å². The first-order valence-corrected chi connectivity index (χ1v) is 6.23. The molecule has 0 saturated carbocycles. The van der Waals surface area contributed by atoms with E-state index in [4.69, 9.17) is 0 Å². The first kappa shape index (κ1) is 13.7. The molecule has 2 aromatic carbocycles. The van der Waals surface area contributed by atoms with E-state index in [-0.39, 0.29) is 11.6 Å². The number of hydrogen-bond acceptors (Lipinski definition) is 1. The average Bonchev–Trinajstić information content (AvgIpc) is 2.34. The van der Waals surface area contributed by atoms with Gasteiger partial charge in [-0.1, -0.05) is 24.3 Å². The average molecular weight is 261 g/mol. The predicted octanol–water partition coefficient (Wildman–Crippen LogP) is 3.89. The van der Waals surface area contributed by atoms with Crippen LogP contribution in [0.3, 0.4) is 0 Å². The highest BCUT2D eigenvalue weighted by molar-refractivity contribution is 5.40. The van der Waals surface area contributed by atoms with Crippen LogP contribution in [0, 0.1) is 25.5 Å². The summed E-state index contributed by atoms with van der Waals surface area (Å²) in [5.41, 5.74) is 2.64. The van der Waals surface area contributed by atoms with Crippen LogP contribution in [-0.4, -0.2) is 7.05 Å². The molecule has 2 aromatic rings. The van der Waals surface area contributed by atoms with Gasteiger partial charge in [-0.25, -0.2) is 8.78 Å². The van der Waals surface area contributed by atoms with E-state index in [1.807, 2.05) is 19.9 Å². The molecule has 0 fully saturated rings. The lowest BCUT2D eigenvalue weighted by atomic mass is 9.93. The Bertz CT molecular complexity index is 570. The molecular weight excluding hydrogens is 244 g/mol. The Balaban J connectivity index is 2.58. The van der Waals surface area contributed by atoms with E-state index in [1.165, 1.54) is 12.1 Å². The number of aryl methyl sites for hydroxylation is 2. The maximum Gasteiger partial charge on any atom is 0.128 e. The highest BCUT2D eigenvalue weighted by atomic mass is 19.1. The van der Waals surface area contributed by atoms with Crippen LogP contribution in [0.5, 0.6) is 0 Å². The number of halogens is 2. The van der Waals surface area contributed by atoms with Crippen molar-refractivity contribution in [1.29, 1.82) is 0 Å². The molecule has 1 N–H and O–H groups in total. The Morgan fingerprint density at radius 1 is 1.00 bits per heavy atom. The first-order valence-electron chi connectivity index (χ1n) is 6.23. The van der Waals surface area contributed by atoms with Crippen LogP contribution in [0.4, 0.5) is 8.78 Å². The molecule has 0 radical (unpaired) electrons. The summed E-state index contributed by atoms with van der Waals surface area (Å²) in [6.45, 7) is 3.69. The molecule has 1 unspecified atom stereocenters. The van der Waals surface area contributed by atoms with Crippen molar-refractivity contribution in [2.24, 2.45) is 0 Å². The molecule has 0 bridgehead atoms. The Morgan fingerprint density at radius 2 is 1.68 bits per heavy atom. The standard InChI is InChI=1S/C16H17F2N/c1-10-8-11(2)15(14(18)9-10)16(19-3)12-6-4-5-7-13(12)17/h4-9,16,19H,1-3H3. The zero-order valence-corrected chi connectivity index (χ0v) is 11.3. The summed E-state index contributed by atoms with van der Waals surface area (Å²) < 4.78 is 28.1. The highest BCUT2D eigenvalue weighted by Gasteiger charge is 2.21. The molecule has 3 heteroatoms. The van der Waals surface area contributed by atoms with E-state index in [2.05, 4.69) is 5.32 Å². The van der Waals surface area contributed by atoms with E-state index < -0.39 is 6.04 Å². The minimum absolute atomic E-state index is 0.305. The molecule has 0 aliphatic carbocycles. The van der Waals surface area contributed by atoms with Crippen molar-refractivity contribution >= 4 is 0 Å². The fourth-order valence-electron chi connectivity index (χ4n) is 2.46. The van der Waals surface area contributed by atoms with Gasteiger partial charge in [0.15, 0.2) is 0 Å². The van der Waals surface area contributed by atoms with Gasteiger partial charge >= 0.3 is 0 Å². The summed E-state index contributed by atoms with van der Waals surface area (Å²) in [7, 11) is 1.70. The summed E-state index contributed by atoms with van der Waals surface area (Å²) in [5.74, 6) is -0.638. The molecule has 19 heavy (non-hydrogen) atoms. The second-order valence-corrected chi connectivity index (χ2v) is 4.72. The molecule has 100 valence electrons. The van der Waals surface area contributed by atoms with Crippen LogP contribution in [-0.2, 0) is 0 Å². The smallest absolute Gasteiger partial charge is 0.128 e. The summed E-state index contributed by atoms with van der Waals surface area (Å²) in [6, 6.07) is 9.35. The number of rotatable bonds is 3. The third-order valence-electron chi connectivity index (χ3n) is 3.27. The summed E-state index contributed by atoms with van der Waals surface area (Å²) >= 11 is 0. The summed E-state index contributed by atoms with van der Waals surface area (Å²) in [5, 5.41) is 3.00. The van der Waals surface area contributed by atoms with Crippen LogP contribution >= 0.6 is 0 Å². The van der Waals surface area contributed by atoms with Crippen molar-refractivity contribution in [3.8, 4) is 0 Å². The van der Waals surface area contributed by atoms with Gasteiger partial charge in [-0.3, -0.25) is 0 Å². The molecule has 0 amide bonds. The molecule has 0 heterocycles. The van der Waals surface area contributed by atoms with E-state index in [1.54, 1.807) is 25.2 Å².